The first-order chi connectivity index (χ1) is 8.58. The van der Waals surface area contributed by atoms with Crippen LogP contribution in [0, 0.1) is 0 Å². The second-order valence-electron chi connectivity index (χ2n) is 4.54. The second kappa shape index (κ2) is 5.55. The van der Waals surface area contributed by atoms with Crippen molar-refractivity contribution in [2.45, 2.75) is 25.9 Å². The number of aromatic nitrogens is 2. The Labute approximate surface area is 113 Å². The minimum Gasteiger partial charge on any atom is -0.302 e. The van der Waals surface area contributed by atoms with Crippen molar-refractivity contribution in [3.8, 4) is 0 Å². The Morgan fingerprint density at radius 2 is 2.00 bits per heavy atom. The van der Waals surface area contributed by atoms with Gasteiger partial charge in [-0.05, 0) is 37.6 Å². The number of hydrogen-bond donors (Lipinski definition) is 1. The summed E-state index contributed by atoms with van der Waals surface area (Å²) in [4.78, 5) is 0. The van der Waals surface area contributed by atoms with Crippen molar-refractivity contribution in [1.29, 1.82) is 0 Å². The molecule has 0 aliphatic carbocycles. The Balaban J connectivity index is 2.08. The Bertz CT molecular complexity index is 521. The van der Waals surface area contributed by atoms with Crippen molar-refractivity contribution in [2.75, 3.05) is 0 Å². The highest BCUT2D eigenvalue weighted by molar-refractivity contribution is 6.30. The predicted molar refractivity (Wildman–Crippen MR) is 74.6 cm³/mol. The van der Waals surface area contributed by atoms with Crippen LogP contribution in [-0.4, -0.2) is 9.78 Å². The maximum atomic E-state index is 6.01. The molecule has 96 valence electrons. The normalized spacial score (nSPS) is 14.4. The fraction of sp³-hybridized carbons (Fsp3) is 0.357. The van der Waals surface area contributed by atoms with Gasteiger partial charge in [0.05, 0.1) is 5.69 Å². The summed E-state index contributed by atoms with van der Waals surface area (Å²) < 4.78 is 1.89. The van der Waals surface area contributed by atoms with E-state index >= 15 is 0 Å². The Morgan fingerprint density at radius 1 is 1.22 bits per heavy atom. The van der Waals surface area contributed by atoms with Gasteiger partial charge in [0.15, 0.2) is 0 Å². The quantitative estimate of drug-likeness (QED) is 0.915. The van der Waals surface area contributed by atoms with Gasteiger partial charge in [-0.2, -0.15) is 5.10 Å². The second-order valence-corrected chi connectivity index (χ2v) is 4.98. The molecule has 1 heterocycles. The zero-order chi connectivity index (χ0) is 13.1. The average Bonchev–Trinajstić information content (AvgIpc) is 2.75. The van der Waals surface area contributed by atoms with Crippen molar-refractivity contribution in [1.82, 2.24) is 15.1 Å². The van der Waals surface area contributed by atoms with Gasteiger partial charge in [0.25, 0.3) is 0 Å². The first-order valence-electron chi connectivity index (χ1n) is 6.07. The third-order valence-corrected chi connectivity index (χ3v) is 3.39. The molecule has 1 N–H and O–H groups in total. The highest BCUT2D eigenvalue weighted by Crippen LogP contribution is 2.21. The van der Waals surface area contributed by atoms with E-state index in [0.29, 0.717) is 0 Å². The molecule has 0 bridgehead atoms. The van der Waals surface area contributed by atoms with Crippen LogP contribution in [0.25, 0.3) is 0 Å². The minimum absolute atomic E-state index is 0.242. The summed E-state index contributed by atoms with van der Waals surface area (Å²) in [5.41, 5.74) is 2.36. The lowest BCUT2D eigenvalue weighted by Crippen LogP contribution is -2.24. The van der Waals surface area contributed by atoms with Crippen LogP contribution in [0.5, 0.6) is 0 Å². The lowest BCUT2D eigenvalue weighted by atomic mass is 10.1. The highest BCUT2D eigenvalue weighted by atomic mass is 35.5. The summed E-state index contributed by atoms with van der Waals surface area (Å²) in [5, 5.41) is 8.51. The molecule has 2 unspecified atom stereocenters. The summed E-state index contributed by atoms with van der Waals surface area (Å²) in [6.45, 7) is 4.27. The standard InChI is InChI=1S/C14H18ClN3/c1-10(12-5-4-6-13(15)9-12)17-11(2)14-7-8-16-18(14)3/h4-11,17H,1-3H3. The Hall–Kier alpha value is -1.32. The molecule has 0 saturated carbocycles. The van der Waals surface area contributed by atoms with E-state index < -0.39 is 0 Å². The molecule has 2 aromatic rings. The molecule has 0 saturated heterocycles. The van der Waals surface area contributed by atoms with Gasteiger partial charge in [-0.15, -0.1) is 0 Å². The minimum atomic E-state index is 0.242. The van der Waals surface area contributed by atoms with E-state index in [0.717, 1.165) is 5.02 Å². The average molecular weight is 264 g/mol. The van der Waals surface area contributed by atoms with E-state index in [9.17, 15) is 0 Å². The van der Waals surface area contributed by atoms with Crippen LogP contribution in [0.4, 0.5) is 0 Å². The summed E-state index contributed by atoms with van der Waals surface area (Å²) >= 11 is 6.01. The first-order valence-corrected chi connectivity index (χ1v) is 6.45. The lowest BCUT2D eigenvalue weighted by molar-refractivity contribution is 0.469. The summed E-state index contributed by atoms with van der Waals surface area (Å²) in [7, 11) is 1.96. The highest BCUT2D eigenvalue weighted by Gasteiger charge is 2.13. The van der Waals surface area contributed by atoms with Gasteiger partial charge in [0.2, 0.25) is 0 Å². The molecule has 3 nitrogen and oxygen atoms in total. The van der Waals surface area contributed by atoms with Crippen molar-refractivity contribution < 1.29 is 0 Å². The number of hydrogen-bond acceptors (Lipinski definition) is 2. The zero-order valence-electron chi connectivity index (χ0n) is 10.9. The maximum Gasteiger partial charge on any atom is 0.0547 e. The Morgan fingerprint density at radius 3 is 2.61 bits per heavy atom. The van der Waals surface area contributed by atoms with Gasteiger partial charge in [0.1, 0.15) is 0 Å². The lowest BCUT2D eigenvalue weighted by Gasteiger charge is -2.20. The molecule has 4 heteroatoms. The van der Waals surface area contributed by atoms with Crippen molar-refractivity contribution >= 4 is 11.6 Å². The smallest absolute Gasteiger partial charge is 0.0547 e. The van der Waals surface area contributed by atoms with E-state index in [4.69, 9.17) is 11.6 Å². The van der Waals surface area contributed by atoms with Gasteiger partial charge in [0, 0.05) is 30.4 Å². The van der Waals surface area contributed by atoms with Crippen molar-refractivity contribution in [2.24, 2.45) is 7.05 Å². The van der Waals surface area contributed by atoms with E-state index in [2.05, 4.69) is 30.3 Å². The van der Waals surface area contributed by atoms with Gasteiger partial charge in [-0.3, -0.25) is 4.68 Å². The number of benzene rings is 1. The Kier molecular flexibility index (Phi) is 4.04. The summed E-state index contributed by atoms with van der Waals surface area (Å²) in [5.74, 6) is 0. The molecule has 2 rings (SSSR count). The molecule has 0 amide bonds. The van der Waals surface area contributed by atoms with Crippen molar-refractivity contribution in [3.63, 3.8) is 0 Å². The fourth-order valence-corrected chi connectivity index (χ4v) is 2.34. The topological polar surface area (TPSA) is 29.9 Å². The third-order valence-electron chi connectivity index (χ3n) is 3.15. The zero-order valence-corrected chi connectivity index (χ0v) is 11.6. The predicted octanol–water partition coefficient (Wildman–Crippen LogP) is 3.49. The van der Waals surface area contributed by atoms with Gasteiger partial charge < -0.3 is 5.32 Å². The maximum absolute atomic E-state index is 6.01. The number of aryl methyl sites for hydroxylation is 1. The van der Waals surface area contributed by atoms with Gasteiger partial charge in [-0.25, -0.2) is 0 Å². The molecule has 2 atom stereocenters. The molecule has 0 fully saturated rings. The van der Waals surface area contributed by atoms with Gasteiger partial charge in [-0.1, -0.05) is 23.7 Å². The van der Waals surface area contributed by atoms with E-state index in [-0.39, 0.29) is 12.1 Å². The van der Waals surface area contributed by atoms with E-state index in [1.807, 2.05) is 42.2 Å². The van der Waals surface area contributed by atoms with Crippen LogP contribution in [0.1, 0.15) is 37.2 Å². The molecule has 18 heavy (non-hydrogen) atoms. The monoisotopic (exact) mass is 263 g/mol. The molecule has 1 aromatic heterocycles. The molecule has 0 aliphatic rings. The van der Waals surface area contributed by atoms with Gasteiger partial charge >= 0.3 is 0 Å². The van der Waals surface area contributed by atoms with Crippen molar-refractivity contribution in [3.05, 3.63) is 52.8 Å². The van der Waals surface area contributed by atoms with E-state index in [1.165, 1.54) is 11.3 Å². The summed E-state index contributed by atoms with van der Waals surface area (Å²) in [6.07, 6.45) is 1.82. The number of nitrogens with one attached hydrogen (secondary N) is 1. The number of nitrogens with zero attached hydrogens (tertiary/aromatic N) is 2. The largest absolute Gasteiger partial charge is 0.302 e. The van der Waals surface area contributed by atoms with Crippen LogP contribution in [0.3, 0.4) is 0 Å². The molecule has 1 aromatic carbocycles. The number of halogens is 1. The number of rotatable bonds is 4. The van der Waals surface area contributed by atoms with Crippen LogP contribution in [-0.2, 0) is 7.05 Å². The van der Waals surface area contributed by atoms with Crippen LogP contribution >= 0.6 is 11.6 Å². The van der Waals surface area contributed by atoms with Crippen LogP contribution in [0.15, 0.2) is 36.5 Å². The summed E-state index contributed by atoms with van der Waals surface area (Å²) in [6, 6.07) is 10.5. The molecular formula is C14H18ClN3. The van der Waals surface area contributed by atoms with Crippen LogP contribution in [0.2, 0.25) is 5.02 Å². The molecule has 0 spiro atoms. The fourth-order valence-electron chi connectivity index (χ4n) is 2.14. The molecular weight excluding hydrogens is 246 g/mol. The third kappa shape index (κ3) is 2.92. The molecule has 0 aliphatic heterocycles. The first kappa shape index (κ1) is 13.1. The molecule has 0 radical (unpaired) electrons. The van der Waals surface area contributed by atoms with E-state index in [1.54, 1.807) is 0 Å². The van der Waals surface area contributed by atoms with Crippen LogP contribution < -0.4 is 5.32 Å². The SMILES string of the molecule is CC(NC(C)c1ccnn1C)c1cccc(Cl)c1.